The zero-order chi connectivity index (χ0) is 14.4. The molecular weight excluding hydrogens is 323 g/mol. The molecule has 1 aromatic heterocycles. The molecule has 7 heteroatoms. The van der Waals surface area contributed by atoms with Crippen molar-refractivity contribution in [3.05, 3.63) is 45.7 Å². The van der Waals surface area contributed by atoms with E-state index in [4.69, 9.17) is 11.6 Å². The molecule has 0 radical (unpaired) electrons. The van der Waals surface area contributed by atoms with E-state index in [1.807, 2.05) is 18.2 Å². The van der Waals surface area contributed by atoms with Gasteiger partial charge < -0.3 is 10.2 Å². The Kier molecular flexibility index (Phi) is 4.12. The van der Waals surface area contributed by atoms with Gasteiger partial charge >= 0.3 is 0 Å². The Morgan fingerprint density at radius 2 is 2.14 bits per heavy atom. The molecule has 0 fully saturated rings. The number of hydrogen-bond acceptors (Lipinski definition) is 3. The number of halogens is 2. The van der Waals surface area contributed by atoms with Crippen LogP contribution in [-0.4, -0.2) is 29.2 Å². The van der Waals surface area contributed by atoms with E-state index in [2.05, 4.69) is 15.5 Å². The van der Waals surface area contributed by atoms with Gasteiger partial charge in [-0.3, -0.25) is 9.89 Å². The fourth-order valence-electron chi connectivity index (χ4n) is 3.13. The summed E-state index contributed by atoms with van der Waals surface area (Å²) in [6.07, 6.45) is 1.68. The predicted molar refractivity (Wildman–Crippen MR) is 88.1 cm³/mol. The summed E-state index contributed by atoms with van der Waals surface area (Å²) < 4.78 is 0. The molecule has 22 heavy (non-hydrogen) atoms. The minimum absolute atomic E-state index is 0. The summed E-state index contributed by atoms with van der Waals surface area (Å²) in [5, 5.41) is 11.3. The minimum atomic E-state index is -0.0442. The molecule has 2 aliphatic rings. The monoisotopic (exact) mass is 338 g/mol. The maximum absolute atomic E-state index is 12.8. The second-order valence-electron chi connectivity index (χ2n) is 5.40. The summed E-state index contributed by atoms with van der Waals surface area (Å²) in [6, 6.07) is 5.70. The highest BCUT2D eigenvalue weighted by Gasteiger charge is 2.31. The number of anilines is 1. The van der Waals surface area contributed by atoms with Gasteiger partial charge in [0.2, 0.25) is 0 Å². The van der Waals surface area contributed by atoms with Crippen LogP contribution in [0.3, 0.4) is 0 Å². The van der Waals surface area contributed by atoms with Crippen LogP contribution in [0.1, 0.15) is 27.3 Å². The molecule has 2 aliphatic heterocycles. The van der Waals surface area contributed by atoms with Crippen LogP contribution >= 0.6 is 24.0 Å². The first-order chi connectivity index (χ1) is 10.3. The Bertz CT molecular complexity index is 728. The van der Waals surface area contributed by atoms with Crippen LogP contribution in [0.5, 0.6) is 0 Å². The van der Waals surface area contributed by atoms with Crippen molar-refractivity contribution in [2.75, 3.05) is 18.0 Å². The normalized spacial score (nSPS) is 16.0. The van der Waals surface area contributed by atoms with Crippen molar-refractivity contribution < 1.29 is 4.79 Å². The summed E-state index contributed by atoms with van der Waals surface area (Å²) in [5.74, 6) is -0.0442. The maximum Gasteiger partial charge on any atom is 0.279 e. The molecule has 0 saturated heterocycles. The Morgan fingerprint density at radius 1 is 1.27 bits per heavy atom. The fraction of sp³-hybridized carbons (Fsp3) is 0.333. The van der Waals surface area contributed by atoms with E-state index in [1.165, 1.54) is 0 Å². The van der Waals surface area contributed by atoms with E-state index in [9.17, 15) is 4.79 Å². The number of aromatic amines is 1. The summed E-state index contributed by atoms with van der Waals surface area (Å²) in [7, 11) is 0. The van der Waals surface area contributed by atoms with Crippen LogP contribution in [0.4, 0.5) is 5.69 Å². The minimum Gasteiger partial charge on any atom is -0.312 e. The van der Waals surface area contributed by atoms with Gasteiger partial charge in [0.05, 0.1) is 0 Å². The molecule has 116 valence electrons. The second-order valence-corrected chi connectivity index (χ2v) is 5.81. The molecule has 0 aliphatic carbocycles. The number of carbonyl (C=O) groups excluding carboxylic acids is 1. The van der Waals surface area contributed by atoms with Crippen molar-refractivity contribution in [2.24, 2.45) is 0 Å². The Hall–Kier alpha value is -1.56. The summed E-state index contributed by atoms with van der Waals surface area (Å²) >= 11 is 6.21. The van der Waals surface area contributed by atoms with E-state index in [1.54, 1.807) is 4.90 Å². The van der Waals surface area contributed by atoms with E-state index < -0.39 is 0 Å². The van der Waals surface area contributed by atoms with Gasteiger partial charge in [-0.2, -0.15) is 5.10 Å². The van der Waals surface area contributed by atoms with E-state index in [0.717, 1.165) is 46.9 Å². The topological polar surface area (TPSA) is 61.0 Å². The highest BCUT2D eigenvalue weighted by atomic mass is 35.5. The number of hydrogen-bond donors (Lipinski definition) is 2. The quantitative estimate of drug-likeness (QED) is 0.838. The molecule has 1 aromatic carbocycles. The number of aromatic nitrogens is 2. The number of carbonyl (C=O) groups is 1. The van der Waals surface area contributed by atoms with Crippen LogP contribution in [0, 0.1) is 0 Å². The standard InChI is InChI=1S/C15H15ClN4O.ClH/c16-11-2-1-3-13-9(11)5-7-20(13)15(21)14-10-8-17-6-4-12(10)18-19-14;/h1-3,17H,4-8H2,(H,18,19);1H. The van der Waals surface area contributed by atoms with Crippen molar-refractivity contribution >= 4 is 35.6 Å². The highest BCUT2D eigenvalue weighted by molar-refractivity contribution is 6.32. The van der Waals surface area contributed by atoms with Gasteiger partial charge in [0.1, 0.15) is 0 Å². The van der Waals surface area contributed by atoms with Crippen molar-refractivity contribution in [3.8, 4) is 0 Å². The number of H-pyrrole nitrogens is 1. The van der Waals surface area contributed by atoms with Gasteiger partial charge in [-0.25, -0.2) is 0 Å². The largest absolute Gasteiger partial charge is 0.312 e. The molecule has 0 unspecified atom stereocenters. The van der Waals surface area contributed by atoms with Crippen LogP contribution in [0.2, 0.25) is 5.02 Å². The van der Waals surface area contributed by atoms with Gasteiger partial charge in [0.25, 0.3) is 5.91 Å². The summed E-state index contributed by atoms with van der Waals surface area (Å²) in [6.45, 7) is 2.28. The molecule has 2 N–H and O–H groups in total. The first-order valence-electron chi connectivity index (χ1n) is 7.12. The van der Waals surface area contributed by atoms with E-state index >= 15 is 0 Å². The molecular formula is C15H16Cl2N4O. The van der Waals surface area contributed by atoms with Crippen LogP contribution < -0.4 is 10.2 Å². The third kappa shape index (κ3) is 2.29. The lowest BCUT2D eigenvalue weighted by molar-refractivity contribution is 0.0983. The van der Waals surface area contributed by atoms with Crippen molar-refractivity contribution in [1.82, 2.24) is 15.5 Å². The van der Waals surface area contributed by atoms with Gasteiger partial charge in [0, 0.05) is 48.0 Å². The zero-order valence-electron chi connectivity index (χ0n) is 11.9. The Labute approximate surface area is 139 Å². The lowest BCUT2D eigenvalue weighted by Crippen LogP contribution is -2.31. The third-order valence-electron chi connectivity index (χ3n) is 4.22. The average molecular weight is 339 g/mol. The highest BCUT2D eigenvalue weighted by Crippen LogP contribution is 2.34. The van der Waals surface area contributed by atoms with Crippen LogP contribution in [-0.2, 0) is 19.4 Å². The number of benzene rings is 1. The van der Waals surface area contributed by atoms with Crippen LogP contribution in [0.25, 0.3) is 0 Å². The SMILES string of the molecule is Cl.O=C(c1n[nH]c2c1CNCC2)N1CCc2c(Cl)cccc21. The fourth-order valence-corrected chi connectivity index (χ4v) is 3.40. The summed E-state index contributed by atoms with van der Waals surface area (Å²) in [5.41, 5.74) is 4.57. The van der Waals surface area contributed by atoms with Gasteiger partial charge in [0.15, 0.2) is 5.69 Å². The zero-order valence-corrected chi connectivity index (χ0v) is 13.4. The molecule has 5 nitrogen and oxygen atoms in total. The molecule has 0 spiro atoms. The van der Waals surface area contributed by atoms with E-state index in [-0.39, 0.29) is 18.3 Å². The number of nitrogens with one attached hydrogen (secondary N) is 2. The smallest absolute Gasteiger partial charge is 0.279 e. The number of fused-ring (bicyclic) bond motifs is 2. The molecule has 1 amide bonds. The van der Waals surface area contributed by atoms with Crippen LogP contribution in [0.15, 0.2) is 18.2 Å². The van der Waals surface area contributed by atoms with E-state index in [0.29, 0.717) is 18.8 Å². The van der Waals surface area contributed by atoms with Crippen molar-refractivity contribution in [3.63, 3.8) is 0 Å². The molecule has 4 rings (SSSR count). The number of nitrogens with zero attached hydrogens (tertiary/aromatic N) is 2. The second kappa shape index (κ2) is 5.91. The lowest BCUT2D eigenvalue weighted by atomic mass is 10.1. The lowest BCUT2D eigenvalue weighted by Gasteiger charge is -2.18. The molecule has 2 aromatic rings. The number of rotatable bonds is 1. The molecule has 0 saturated carbocycles. The summed E-state index contributed by atoms with van der Waals surface area (Å²) in [4.78, 5) is 14.6. The predicted octanol–water partition coefficient (Wildman–Crippen LogP) is 2.33. The maximum atomic E-state index is 12.8. The Balaban J connectivity index is 0.00000144. The van der Waals surface area contributed by atoms with Gasteiger partial charge in [-0.1, -0.05) is 17.7 Å². The third-order valence-corrected chi connectivity index (χ3v) is 4.58. The van der Waals surface area contributed by atoms with Gasteiger partial charge in [-0.15, -0.1) is 12.4 Å². The van der Waals surface area contributed by atoms with Crippen molar-refractivity contribution in [2.45, 2.75) is 19.4 Å². The molecule has 0 atom stereocenters. The molecule has 3 heterocycles. The van der Waals surface area contributed by atoms with Crippen molar-refractivity contribution in [1.29, 1.82) is 0 Å². The Morgan fingerprint density at radius 3 is 3.00 bits per heavy atom. The first-order valence-corrected chi connectivity index (χ1v) is 7.49. The first kappa shape index (κ1) is 15.3. The number of amides is 1. The van der Waals surface area contributed by atoms with Gasteiger partial charge in [-0.05, 0) is 24.1 Å². The molecule has 0 bridgehead atoms. The average Bonchev–Trinajstić information content (AvgIpc) is 3.11.